The third-order valence-corrected chi connectivity index (χ3v) is 3.24. The lowest BCUT2D eigenvalue weighted by molar-refractivity contribution is -0.116. The highest BCUT2D eigenvalue weighted by Crippen LogP contribution is 2.28. The molecular weight excluding hydrogens is 373 g/mol. The van der Waals surface area contributed by atoms with Crippen molar-refractivity contribution in [2.75, 3.05) is 11.9 Å². The van der Waals surface area contributed by atoms with Crippen LogP contribution in [0.15, 0.2) is 42.7 Å². The number of carbonyl (C=O) groups is 1. The van der Waals surface area contributed by atoms with Crippen LogP contribution in [0, 0.1) is 0 Å². The van der Waals surface area contributed by atoms with Gasteiger partial charge in [-0.1, -0.05) is 17.7 Å². The van der Waals surface area contributed by atoms with E-state index in [4.69, 9.17) is 22.1 Å². The van der Waals surface area contributed by atoms with E-state index >= 15 is 0 Å². The molecule has 0 unspecified atom stereocenters. The number of nitrogens with two attached hydrogens (primary N) is 1. The number of carbonyl (C=O) groups excluding carboxylic acids is 1. The molecule has 0 saturated carbocycles. The summed E-state index contributed by atoms with van der Waals surface area (Å²) in [5.74, 6) is 0.482. The van der Waals surface area contributed by atoms with Gasteiger partial charge in [-0.15, -0.1) is 24.8 Å². The predicted octanol–water partition coefficient (Wildman–Crippen LogP) is 3.84. The van der Waals surface area contributed by atoms with Crippen molar-refractivity contribution in [1.82, 2.24) is 4.98 Å². The first-order chi connectivity index (χ1) is 10.7. The number of pyridine rings is 1. The number of ether oxygens (including phenoxy) is 1. The Labute approximate surface area is 158 Å². The van der Waals surface area contributed by atoms with Crippen molar-refractivity contribution in [1.29, 1.82) is 0 Å². The molecular formula is C16H20Cl3N3O2. The summed E-state index contributed by atoms with van der Waals surface area (Å²) in [6, 6.07) is 8.93. The van der Waals surface area contributed by atoms with E-state index in [1.807, 2.05) is 12.1 Å². The van der Waals surface area contributed by atoms with Crippen molar-refractivity contribution < 1.29 is 9.53 Å². The van der Waals surface area contributed by atoms with E-state index in [2.05, 4.69) is 10.3 Å². The number of hydrogen-bond acceptors (Lipinski definition) is 4. The minimum atomic E-state index is -0.0782. The number of nitrogens with one attached hydrogen (secondary N) is 1. The summed E-state index contributed by atoms with van der Waals surface area (Å²) in [6.07, 6.45) is 4.50. The molecule has 0 aliphatic rings. The second-order valence-corrected chi connectivity index (χ2v) is 5.14. The highest BCUT2D eigenvalue weighted by atomic mass is 35.5. The largest absolute Gasteiger partial charge is 0.487 e. The number of aromatic nitrogens is 1. The third kappa shape index (κ3) is 7.36. The Morgan fingerprint density at radius 3 is 2.71 bits per heavy atom. The summed E-state index contributed by atoms with van der Waals surface area (Å²) < 4.78 is 5.65. The molecule has 1 aromatic carbocycles. The van der Waals surface area contributed by atoms with Crippen LogP contribution in [0.2, 0.25) is 5.02 Å². The fraction of sp³-hybridized carbons (Fsp3) is 0.250. The number of amides is 1. The van der Waals surface area contributed by atoms with E-state index in [-0.39, 0.29) is 30.7 Å². The van der Waals surface area contributed by atoms with Crippen LogP contribution in [0.5, 0.6) is 5.75 Å². The molecule has 132 valence electrons. The highest BCUT2D eigenvalue weighted by Gasteiger charge is 2.06. The first kappa shape index (κ1) is 22.5. The second kappa shape index (κ2) is 11.9. The smallest absolute Gasteiger partial charge is 0.224 e. The Kier molecular flexibility index (Phi) is 11.2. The quantitative estimate of drug-likeness (QED) is 0.750. The van der Waals surface area contributed by atoms with Crippen molar-refractivity contribution in [3.63, 3.8) is 0 Å². The van der Waals surface area contributed by atoms with Gasteiger partial charge in [-0.05, 0) is 37.2 Å². The monoisotopic (exact) mass is 391 g/mol. The van der Waals surface area contributed by atoms with E-state index in [0.717, 1.165) is 5.56 Å². The molecule has 0 aliphatic heterocycles. The van der Waals surface area contributed by atoms with Gasteiger partial charge in [0, 0.05) is 30.1 Å². The van der Waals surface area contributed by atoms with Crippen molar-refractivity contribution in [3.8, 4) is 5.75 Å². The molecule has 0 atom stereocenters. The zero-order valence-corrected chi connectivity index (χ0v) is 15.3. The molecule has 1 amide bonds. The lowest BCUT2D eigenvalue weighted by atomic mass is 10.2. The molecule has 0 radical (unpaired) electrons. The number of anilines is 1. The normalized spacial score (nSPS) is 9.42. The Morgan fingerprint density at radius 1 is 1.29 bits per heavy atom. The van der Waals surface area contributed by atoms with Gasteiger partial charge in [-0.2, -0.15) is 0 Å². The molecule has 0 saturated heterocycles. The van der Waals surface area contributed by atoms with Crippen molar-refractivity contribution in [2.24, 2.45) is 5.73 Å². The van der Waals surface area contributed by atoms with E-state index in [9.17, 15) is 4.79 Å². The standard InChI is InChI=1S/C16H18ClN3O2.2ClH/c17-14-9-13(20-16(21)4-1-7-18)5-6-15(14)22-11-12-3-2-8-19-10-12;;/h2-3,5-6,8-10H,1,4,7,11,18H2,(H,20,21);2*1H. The molecule has 0 aliphatic carbocycles. The molecule has 1 heterocycles. The summed E-state index contributed by atoms with van der Waals surface area (Å²) >= 11 is 6.17. The average molecular weight is 393 g/mol. The van der Waals surface area contributed by atoms with Crippen LogP contribution in [0.1, 0.15) is 18.4 Å². The summed E-state index contributed by atoms with van der Waals surface area (Å²) in [4.78, 5) is 15.7. The highest BCUT2D eigenvalue weighted by molar-refractivity contribution is 6.32. The minimum Gasteiger partial charge on any atom is -0.487 e. The minimum absolute atomic E-state index is 0. The maximum atomic E-state index is 11.6. The number of rotatable bonds is 7. The lowest BCUT2D eigenvalue weighted by Gasteiger charge is -2.10. The Bertz CT molecular complexity index is 627. The van der Waals surface area contributed by atoms with Gasteiger partial charge in [0.15, 0.2) is 0 Å². The molecule has 1 aromatic heterocycles. The summed E-state index contributed by atoms with van der Waals surface area (Å²) in [5.41, 5.74) is 6.97. The summed E-state index contributed by atoms with van der Waals surface area (Å²) in [5, 5.41) is 3.22. The van der Waals surface area contributed by atoms with E-state index < -0.39 is 0 Å². The zero-order chi connectivity index (χ0) is 15.8. The molecule has 0 spiro atoms. The van der Waals surface area contributed by atoms with Crippen molar-refractivity contribution >= 4 is 48.0 Å². The van der Waals surface area contributed by atoms with Crippen LogP contribution >= 0.6 is 36.4 Å². The van der Waals surface area contributed by atoms with E-state index in [1.54, 1.807) is 30.6 Å². The van der Waals surface area contributed by atoms with Crippen LogP contribution in [0.3, 0.4) is 0 Å². The van der Waals surface area contributed by atoms with Gasteiger partial charge in [0.05, 0.1) is 5.02 Å². The molecule has 0 bridgehead atoms. The van der Waals surface area contributed by atoms with E-state index in [1.165, 1.54) is 0 Å². The van der Waals surface area contributed by atoms with E-state index in [0.29, 0.717) is 42.5 Å². The molecule has 2 rings (SSSR count). The molecule has 24 heavy (non-hydrogen) atoms. The van der Waals surface area contributed by atoms with Crippen LogP contribution in [-0.2, 0) is 11.4 Å². The summed E-state index contributed by atoms with van der Waals surface area (Å²) in [6.45, 7) is 0.880. The number of halogens is 3. The second-order valence-electron chi connectivity index (χ2n) is 4.74. The SMILES string of the molecule is Cl.Cl.NCCCC(=O)Nc1ccc(OCc2cccnc2)c(Cl)c1. The van der Waals surface area contributed by atoms with Crippen molar-refractivity contribution in [2.45, 2.75) is 19.4 Å². The van der Waals surface area contributed by atoms with Crippen LogP contribution in [-0.4, -0.2) is 17.4 Å². The third-order valence-electron chi connectivity index (χ3n) is 2.94. The van der Waals surface area contributed by atoms with Gasteiger partial charge in [0.25, 0.3) is 0 Å². The zero-order valence-electron chi connectivity index (χ0n) is 12.9. The number of nitrogens with zero attached hydrogens (tertiary/aromatic N) is 1. The molecule has 3 N–H and O–H groups in total. The van der Waals surface area contributed by atoms with Crippen LogP contribution in [0.4, 0.5) is 5.69 Å². The van der Waals surface area contributed by atoms with Gasteiger partial charge in [-0.3, -0.25) is 9.78 Å². The van der Waals surface area contributed by atoms with Gasteiger partial charge in [0.1, 0.15) is 12.4 Å². The Balaban J connectivity index is 0.00000264. The van der Waals surface area contributed by atoms with Gasteiger partial charge in [0.2, 0.25) is 5.91 Å². The molecule has 8 heteroatoms. The fourth-order valence-corrected chi connectivity index (χ4v) is 2.06. The van der Waals surface area contributed by atoms with Gasteiger partial charge in [-0.25, -0.2) is 0 Å². The summed E-state index contributed by atoms with van der Waals surface area (Å²) in [7, 11) is 0. The van der Waals surface area contributed by atoms with Crippen molar-refractivity contribution in [3.05, 3.63) is 53.3 Å². The average Bonchev–Trinajstić information content (AvgIpc) is 2.53. The maximum absolute atomic E-state index is 11.6. The Hall–Kier alpha value is -1.53. The molecule has 5 nitrogen and oxygen atoms in total. The number of benzene rings is 1. The predicted molar refractivity (Wildman–Crippen MR) is 101 cm³/mol. The number of hydrogen-bond donors (Lipinski definition) is 2. The maximum Gasteiger partial charge on any atom is 0.224 e. The fourth-order valence-electron chi connectivity index (χ4n) is 1.83. The van der Waals surface area contributed by atoms with Crippen LogP contribution in [0.25, 0.3) is 0 Å². The first-order valence-electron chi connectivity index (χ1n) is 7.00. The molecule has 2 aromatic rings. The topological polar surface area (TPSA) is 77.2 Å². The van der Waals surface area contributed by atoms with Crippen LogP contribution < -0.4 is 15.8 Å². The molecule has 0 fully saturated rings. The Morgan fingerprint density at radius 2 is 2.08 bits per heavy atom. The van der Waals surface area contributed by atoms with Gasteiger partial charge >= 0.3 is 0 Å². The van der Waals surface area contributed by atoms with Gasteiger partial charge < -0.3 is 15.8 Å². The lowest BCUT2D eigenvalue weighted by Crippen LogP contribution is -2.13. The first-order valence-corrected chi connectivity index (χ1v) is 7.38.